The molecule has 25 heavy (non-hydrogen) atoms. The third kappa shape index (κ3) is 4.03. The molecule has 8 heteroatoms. The first kappa shape index (κ1) is 17.1. The summed E-state index contributed by atoms with van der Waals surface area (Å²) < 4.78 is 0. The van der Waals surface area contributed by atoms with Gasteiger partial charge in [0.1, 0.15) is 0 Å². The fraction of sp³-hybridized carbons (Fsp3) is 0.235. The molecule has 1 amide bonds. The van der Waals surface area contributed by atoms with Crippen LogP contribution in [0.3, 0.4) is 0 Å². The van der Waals surface area contributed by atoms with E-state index in [2.05, 4.69) is 15.5 Å². The van der Waals surface area contributed by atoms with E-state index in [4.69, 9.17) is 0 Å². The van der Waals surface area contributed by atoms with Crippen molar-refractivity contribution in [3.8, 4) is 0 Å². The number of amides is 1. The molecule has 0 unspecified atom stereocenters. The van der Waals surface area contributed by atoms with Gasteiger partial charge in [-0.1, -0.05) is 55.1 Å². The molecule has 0 bridgehead atoms. The number of nitrogens with zero attached hydrogens (tertiary/aromatic N) is 3. The van der Waals surface area contributed by atoms with Gasteiger partial charge in [0.2, 0.25) is 5.91 Å². The number of nitrogens with one attached hydrogen (secondary N) is 1. The van der Waals surface area contributed by atoms with Gasteiger partial charge >= 0.3 is 0 Å². The molecule has 1 aliphatic carbocycles. The van der Waals surface area contributed by atoms with Crippen LogP contribution in [-0.4, -0.2) is 27.0 Å². The Morgan fingerprint density at radius 3 is 2.84 bits per heavy atom. The van der Waals surface area contributed by atoms with E-state index in [1.807, 2.05) is 31.2 Å². The van der Waals surface area contributed by atoms with E-state index in [-0.39, 0.29) is 23.9 Å². The zero-order chi connectivity index (χ0) is 17.8. The van der Waals surface area contributed by atoms with Crippen LogP contribution in [-0.2, 0) is 11.2 Å². The summed E-state index contributed by atoms with van der Waals surface area (Å²) in [5.41, 5.74) is 1.36. The SMILES string of the molecule is C[C@H]1C=CC=C/C1=N/N=C1\NC(=O)[C@@H](Cc2ccccc2[N+](=O)[O-])S1. The smallest absolute Gasteiger partial charge is 0.272 e. The van der Waals surface area contributed by atoms with Crippen molar-refractivity contribution in [2.75, 3.05) is 0 Å². The highest BCUT2D eigenvalue weighted by molar-refractivity contribution is 8.15. The first-order chi connectivity index (χ1) is 12.0. The normalized spacial score (nSPS) is 25.6. The second-order valence-electron chi connectivity index (χ2n) is 5.65. The van der Waals surface area contributed by atoms with Crippen molar-refractivity contribution in [3.63, 3.8) is 0 Å². The standard InChI is InChI=1S/C17H16N4O3S/c1-11-6-2-4-8-13(11)19-20-17-18-16(22)15(25-17)10-12-7-3-5-9-14(12)21(23)24/h2-9,11,15H,10H2,1H3,(H,18,20,22)/b19-13-/t11-,15+/m0/s1. The van der Waals surface area contributed by atoms with Crippen molar-refractivity contribution in [2.45, 2.75) is 18.6 Å². The van der Waals surface area contributed by atoms with Crippen LogP contribution in [0.1, 0.15) is 12.5 Å². The van der Waals surface area contributed by atoms with Crippen molar-refractivity contribution in [3.05, 3.63) is 64.2 Å². The highest BCUT2D eigenvalue weighted by Gasteiger charge is 2.32. The number of amidine groups is 1. The topological polar surface area (TPSA) is 97.0 Å². The van der Waals surface area contributed by atoms with E-state index in [0.29, 0.717) is 10.7 Å². The van der Waals surface area contributed by atoms with Gasteiger partial charge in [-0.25, -0.2) is 0 Å². The quantitative estimate of drug-likeness (QED) is 0.662. The maximum Gasteiger partial charge on any atom is 0.272 e. The first-order valence-corrected chi connectivity index (χ1v) is 8.63. The van der Waals surface area contributed by atoms with Gasteiger partial charge in [-0.05, 0) is 6.08 Å². The number of hydrogen-bond donors (Lipinski definition) is 1. The van der Waals surface area contributed by atoms with Crippen LogP contribution in [0.15, 0.2) is 58.8 Å². The summed E-state index contributed by atoms with van der Waals surface area (Å²) in [6.07, 6.45) is 7.99. The Morgan fingerprint density at radius 1 is 1.28 bits per heavy atom. The zero-order valence-electron chi connectivity index (χ0n) is 13.5. The molecule has 1 fully saturated rings. The largest absolute Gasteiger partial charge is 0.303 e. The number of rotatable bonds is 4. The summed E-state index contributed by atoms with van der Waals surface area (Å²) in [6, 6.07) is 6.45. The molecule has 2 atom stereocenters. The molecule has 3 rings (SSSR count). The molecule has 2 aliphatic rings. The van der Waals surface area contributed by atoms with Gasteiger partial charge in [0, 0.05) is 24.0 Å². The van der Waals surface area contributed by atoms with E-state index in [1.165, 1.54) is 17.8 Å². The Balaban J connectivity index is 1.72. The second-order valence-corrected chi connectivity index (χ2v) is 6.84. The monoisotopic (exact) mass is 356 g/mol. The average Bonchev–Trinajstić information content (AvgIpc) is 2.94. The summed E-state index contributed by atoms with van der Waals surface area (Å²) >= 11 is 1.24. The van der Waals surface area contributed by atoms with E-state index >= 15 is 0 Å². The number of carbonyl (C=O) groups excluding carboxylic acids is 1. The predicted octanol–water partition coefficient (Wildman–Crippen LogP) is 2.84. The highest BCUT2D eigenvalue weighted by Crippen LogP contribution is 2.27. The van der Waals surface area contributed by atoms with Gasteiger partial charge < -0.3 is 5.32 Å². The number of allylic oxidation sites excluding steroid dienone is 4. The van der Waals surface area contributed by atoms with Gasteiger partial charge in [0.15, 0.2) is 5.17 Å². The average molecular weight is 356 g/mol. The Labute approximate surface area is 148 Å². The minimum Gasteiger partial charge on any atom is -0.303 e. The summed E-state index contributed by atoms with van der Waals surface area (Å²) in [6.45, 7) is 2.01. The van der Waals surface area contributed by atoms with Gasteiger partial charge in [-0.2, -0.15) is 5.10 Å². The van der Waals surface area contributed by atoms with Crippen LogP contribution in [0, 0.1) is 16.0 Å². The summed E-state index contributed by atoms with van der Waals surface area (Å²) in [5.74, 6) is -0.0477. The van der Waals surface area contributed by atoms with Gasteiger partial charge in [0.05, 0.1) is 15.9 Å². The molecule has 0 radical (unpaired) electrons. The van der Waals surface area contributed by atoms with Crippen molar-refractivity contribution in [1.29, 1.82) is 0 Å². The third-order valence-corrected chi connectivity index (χ3v) is 4.94. The Morgan fingerprint density at radius 2 is 2.08 bits per heavy atom. The van der Waals surface area contributed by atoms with Crippen LogP contribution >= 0.6 is 11.8 Å². The van der Waals surface area contributed by atoms with Crippen molar-refractivity contribution in [1.82, 2.24) is 5.32 Å². The molecule has 7 nitrogen and oxygen atoms in total. The molecule has 1 heterocycles. The predicted molar refractivity (Wildman–Crippen MR) is 98.6 cm³/mol. The maximum atomic E-state index is 12.1. The number of benzene rings is 1. The van der Waals surface area contributed by atoms with Crippen LogP contribution in [0.2, 0.25) is 0 Å². The molecule has 1 aromatic rings. The van der Waals surface area contributed by atoms with E-state index < -0.39 is 10.2 Å². The Bertz CT molecular complexity index is 829. The van der Waals surface area contributed by atoms with Gasteiger partial charge in [0.25, 0.3) is 5.69 Å². The summed E-state index contributed by atoms with van der Waals surface area (Å²) in [5, 5.41) is 22.0. The van der Waals surface area contributed by atoms with Crippen molar-refractivity contribution in [2.24, 2.45) is 16.1 Å². The van der Waals surface area contributed by atoms with Gasteiger partial charge in [-0.3, -0.25) is 14.9 Å². The van der Waals surface area contributed by atoms with E-state index in [9.17, 15) is 14.9 Å². The lowest BCUT2D eigenvalue weighted by Gasteiger charge is -2.07. The number of thioether (sulfide) groups is 1. The number of nitro benzene ring substituents is 1. The fourth-order valence-corrected chi connectivity index (χ4v) is 3.46. The second kappa shape index (κ2) is 7.43. The van der Waals surface area contributed by atoms with Crippen molar-refractivity contribution >= 4 is 34.2 Å². The van der Waals surface area contributed by atoms with E-state index in [1.54, 1.807) is 18.2 Å². The lowest BCUT2D eigenvalue weighted by Crippen LogP contribution is -2.26. The lowest BCUT2D eigenvalue weighted by molar-refractivity contribution is -0.385. The van der Waals surface area contributed by atoms with Crippen LogP contribution < -0.4 is 5.32 Å². The molecular weight excluding hydrogens is 340 g/mol. The molecule has 1 N–H and O–H groups in total. The lowest BCUT2D eigenvalue weighted by atomic mass is 10.0. The van der Waals surface area contributed by atoms with Crippen LogP contribution in [0.4, 0.5) is 5.69 Å². The molecule has 0 spiro atoms. The molecular formula is C17H16N4O3S. The highest BCUT2D eigenvalue weighted by atomic mass is 32.2. The number of carbonyl (C=O) groups is 1. The zero-order valence-corrected chi connectivity index (χ0v) is 14.3. The molecule has 1 saturated heterocycles. The molecule has 1 aliphatic heterocycles. The maximum absolute atomic E-state index is 12.1. The third-order valence-electron chi connectivity index (χ3n) is 3.87. The molecule has 0 saturated carbocycles. The Kier molecular flexibility index (Phi) is 5.08. The fourth-order valence-electron chi connectivity index (χ4n) is 2.51. The summed E-state index contributed by atoms with van der Waals surface area (Å²) in [7, 11) is 0. The Hall–Kier alpha value is -2.74. The minimum absolute atomic E-state index is 0.0227. The molecule has 0 aromatic heterocycles. The number of hydrogen-bond acceptors (Lipinski definition) is 6. The number of nitro groups is 1. The van der Waals surface area contributed by atoms with E-state index in [0.717, 1.165) is 5.71 Å². The minimum atomic E-state index is -0.459. The summed E-state index contributed by atoms with van der Waals surface area (Å²) in [4.78, 5) is 22.8. The number of para-hydroxylation sites is 1. The van der Waals surface area contributed by atoms with Crippen LogP contribution in [0.5, 0.6) is 0 Å². The van der Waals surface area contributed by atoms with Crippen LogP contribution in [0.25, 0.3) is 0 Å². The van der Waals surface area contributed by atoms with Crippen molar-refractivity contribution < 1.29 is 9.72 Å². The first-order valence-electron chi connectivity index (χ1n) is 7.75. The molecule has 1 aromatic carbocycles. The molecule has 128 valence electrons. The van der Waals surface area contributed by atoms with Gasteiger partial charge in [-0.15, -0.1) is 5.10 Å².